The first-order valence-electron chi connectivity index (χ1n) is 4.81. The summed E-state index contributed by atoms with van der Waals surface area (Å²) in [6.07, 6.45) is -1.27. The molecule has 2 heteroatoms. The maximum absolute atomic E-state index is 12.7. The van der Waals surface area contributed by atoms with Crippen LogP contribution in [-0.4, -0.2) is 6.36 Å². The summed E-state index contributed by atoms with van der Waals surface area (Å²) in [6, 6.07) is 7.57. The zero-order valence-electron chi connectivity index (χ0n) is 9.17. The van der Waals surface area contributed by atoms with Gasteiger partial charge in [-0.25, -0.2) is 4.39 Å². The highest BCUT2D eigenvalue weighted by molar-refractivity contribution is 5.38. The summed E-state index contributed by atoms with van der Waals surface area (Å²) < 4.78 is 17.8. The molecular weight excluding hydrogens is 179 g/mol. The quantitative estimate of drug-likeness (QED) is 0.701. The van der Waals surface area contributed by atoms with Crippen LogP contribution in [0.3, 0.4) is 0 Å². The molecule has 1 aromatic rings. The van der Waals surface area contributed by atoms with Gasteiger partial charge in [0.25, 0.3) is 0 Å². The molecule has 0 aliphatic carbocycles. The number of para-hydroxylation sites is 1. The fourth-order valence-corrected chi connectivity index (χ4v) is 1.36. The number of rotatable bonds is 2. The van der Waals surface area contributed by atoms with Crippen molar-refractivity contribution < 1.29 is 9.13 Å². The van der Waals surface area contributed by atoms with Crippen LogP contribution in [0.5, 0.6) is 5.75 Å². The molecule has 0 amide bonds. The number of hydrogen-bond acceptors (Lipinski definition) is 1. The highest BCUT2D eigenvalue weighted by Gasteiger charge is 2.19. The van der Waals surface area contributed by atoms with Crippen molar-refractivity contribution in [2.24, 2.45) is 0 Å². The molecule has 1 rings (SSSR count). The van der Waals surface area contributed by atoms with Crippen LogP contribution in [0.15, 0.2) is 24.3 Å². The topological polar surface area (TPSA) is 9.23 Å². The van der Waals surface area contributed by atoms with Crippen molar-refractivity contribution in [3.8, 4) is 5.75 Å². The molecule has 0 saturated heterocycles. The molecule has 1 nitrogen and oxygen atoms in total. The van der Waals surface area contributed by atoms with Gasteiger partial charge >= 0.3 is 0 Å². The van der Waals surface area contributed by atoms with Crippen LogP contribution in [0.2, 0.25) is 0 Å². The first kappa shape index (κ1) is 11.0. The third-order valence-corrected chi connectivity index (χ3v) is 1.98. The van der Waals surface area contributed by atoms with E-state index in [2.05, 4.69) is 20.8 Å². The molecule has 0 fully saturated rings. The average molecular weight is 196 g/mol. The van der Waals surface area contributed by atoms with Gasteiger partial charge in [0.1, 0.15) is 5.75 Å². The number of hydrogen-bond donors (Lipinski definition) is 0. The highest BCUT2D eigenvalue weighted by atomic mass is 19.1. The van der Waals surface area contributed by atoms with Gasteiger partial charge in [0.2, 0.25) is 6.36 Å². The Morgan fingerprint density at radius 2 is 1.79 bits per heavy atom. The van der Waals surface area contributed by atoms with Crippen molar-refractivity contribution in [2.75, 3.05) is 0 Å². The second-order valence-corrected chi connectivity index (χ2v) is 4.41. The van der Waals surface area contributed by atoms with Gasteiger partial charge in [-0.2, -0.15) is 0 Å². The third kappa shape index (κ3) is 2.72. The zero-order valence-corrected chi connectivity index (χ0v) is 9.17. The number of ether oxygens (including phenoxy) is 1. The van der Waals surface area contributed by atoms with E-state index >= 15 is 0 Å². The van der Waals surface area contributed by atoms with Gasteiger partial charge in [-0.1, -0.05) is 39.0 Å². The largest absolute Gasteiger partial charge is 0.460 e. The molecule has 0 saturated carbocycles. The fraction of sp³-hybridized carbons (Fsp3) is 0.500. The second kappa shape index (κ2) is 3.99. The van der Waals surface area contributed by atoms with Crippen LogP contribution < -0.4 is 4.74 Å². The predicted octanol–water partition coefficient (Wildman–Crippen LogP) is 3.68. The Hall–Kier alpha value is -1.05. The molecule has 0 aromatic heterocycles. The third-order valence-electron chi connectivity index (χ3n) is 1.98. The monoisotopic (exact) mass is 196 g/mol. The van der Waals surface area contributed by atoms with Crippen LogP contribution >= 0.6 is 0 Å². The lowest BCUT2D eigenvalue weighted by atomic mass is 9.86. The number of alkyl halides is 1. The van der Waals surface area contributed by atoms with Gasteiger partial charge in [0.05, 0.1) is 0 Å². The molecule has 0 aliphatic heterocycles. The van der Waals surface area contributed by atoms with E-state index in [1.165, 1.54) is 6.92 Å². The summed E-state index contributed by atoms with van der Waals surface area (Å²) in [5, 5.41) is 0. The minimum Gasteiger partial charge on any atom is -0.460 e. The van der Waals surface area contributed by atoms with E-state index in [1.807, 2.05) is 18.2 Å². The maximum Gasteiger partial charge on any atom is 0.235 e. The standard InChI is InChI=1S/C12H17FO/c1-9(13)14-11-8-6-5-7-10(11)12(2,3)4/h5-9H,1-4H3. The number of benzene rings is 1. The SMILES string of the molecule is CC(F)Oc1ccccc1C(C)(C)C. The van der Waals surface area contributed by atoms with Crippen LogP contribution in [0, 0.1) is 0 Å². The molecule has 14 heavy (non-hydrogen) atoms. The Kier molecular flexibility index (Phi) is 3.14. The van der Waals surface area contributed by atoms with E-state index in [-0.39, 0.29) is 5.41 Å². The lowest BCUT2D eigenvalue weighted by molar-refractivity contribution is 0.0839. The lowest BCUT2D eigenvalue weighted by Gasteiger charge is -2.22. The van der Waals surface area contributed by atoms with Gasteiger partial charge in [0, 0.05) is 6.92 Å². The zero-order chi connectivity index (χ0) is 10.8. The Labute approximate surface area is 84.9 Å². The molecule has 78 valence electrons. The van der Waals surface area contributed by atoms with Crippen LogP contribution in [0.25, 0.3) is 0 Å². The lowest BCUT2D eigenvalue weighted by Crippen LogP contribution is -2.15. The molecule has 1 unspecified atom stereocenters. The molecule has 0 radical (unpaired) electrons. The van der Waals surface area contributed by atoms with E-state index < -0.39 is 6.36 Å². The summed E-state index contributed by atoms with van der Waals surface area (Å²) in [7, 11) is 0. The Morgan fingerprint density at radius 1 is 1.21 bits per heavy atom. The Balaban J connectivity index is 3.04. The van der Waals surface area contributed by atoms with E-state index in [1.54, 1.807) is 6.07 Å². The van der Waals surface area contributed by atoms with Crippen LogP contribution in [0.4, 0.5) is 4.39 Å². The van der Waals surface area contributed by atoms with Crippen LogP contribution in [-0.2, 0) is 5.41 Å². The minimum absolute atomic E-state index is 0.0223. The summed E-state index contributed by atoms with van der Waals surface area (Å²) in [5.74, 6) is 0.634. The normalized spacial score (nSPS) is 13.8. The number of halogens is 1. The summed E-state index contributed by atoms with van der Waals surface area (Å²) in [6.45, 7) is 7.63. The van der Waals surface area contributed by atoms with E-state index in [9.17, 15) is 4.39 Å². The minimum atomic E-state index is -1.27. The first-order valence-corrected chi connectivity index (χ1v) is 4.81. The van der Waals surface area contributed by atoms with Crippen molar-refractivity contribution in [3.63, 3.8) is 0 Å². The van der Waals surface area contributed by atoms with Gasteiger partial charge < -0.3 is 4.74 Å². The Morgan fingerprint density at radius 3 is 2.29 bits per heavy atom. The van der Waals surface area contributed by atoms with Crippen molar-refractivity contribution in [3.05, 3.63) is 29.8 Å². The molecular formula is C12H17FO. The van der Waals surface area contributed by atoms with Gasteiger partial charge in [-0.3, -0.25) is 0 Å². The average Bonchev–Trinajstić information content (AvgIpc) is 2.01. The summed E-state index contributed by atoms with van der Waals surface area (Å²) >= 11 is 0. The van der Waals surface area contributed by atoms with Crippen molar-refractivity contribution in [1.82, 2.24) is 0 Å². The molecule has 1 atom stereocenters. The van der Waals surface area contributed by atoms with Gasteiger partial charge in [-0.15, -0.1) is 0 Å². The van der Waals surface area contributed by atoms with Crippen LogP contribution in [0.1, 0.15) is 33.3 Å². The fourth-order valence-electron chi connectivity index (χ4n) is 1.36. The van der Waals surface area contributed by atoms with Crippen molar-refractivity contribution >= 4 is 0 Å². The predicted molar refractivity (Wildman–Crippen MR) is 56.3 cm³/mol. The van der Waals surface area contributed by atoms with Gasteiger partial charge in [-0.05, 0) is 17.0 Å². The first-order chi connectivity index (χ1) is 6.41. The molecule has 0 aliphatic rings. The summed E-state index contributed by atoms with van der Waals surface area (Å²) in [5.41, 5.74) is 1.01. The second-order valence-electron chi connectivity index (χ2n) is 4.41. The molecule has 1 aromatic carbocycles. The molecule has 0 bridgehead atoms. The summed E-state index contributed by atoms with van der Waals surface area (Å²) in [4.78, 5) is 0. The van der Waals surface area contributed by atoms with E-state index in [0.717, 1.165) is 5.56 Å². The van der Waals surface area contributed by atoms with E-state index in [4.69, 9.17) is 4.74 Å². The molecule has 0 N–H and O–H groups in total. The van der Waals surface area contributed by atoms with E-state index in [0.29, 0.717) is 5.75 Å². The molecule has 0 heterocycles. The molecule has 0 spiro atoms. The van der Waals surface area contributed by atoms with Gasteiger partial charge in [0.15, 0.2) is 0 Å². The maximum atomic E-state index is 12.7. The Bertz CT molecular complexity index is 299. The highest BCUT2D eigenvalue weighted by Crippen LogP contribution is 2.31. The smallest absolute Gasteiger partial charge is 0.235 e. The van der Waals surface area contributed by atoms with Crippen molar-refractivity contribution in [1.29, 1.82) is 0 Å². The van der Waals surface area contributed by atoms with Crippen molar-refractivity contribution in [2.45, 2.75) is 39.5 Å².